The molecule has 0 fully saturated rings. The van der Waals surface area contributed by atoms with Crippen molar-refractivity contribution >= 4 is 17.7 Å². The lowest BCUT2D eigenvalue weighted by Crippen LogP contribution is -2.14. The van der Waals surface area contributed by atoms with E-state index in [2.05, 4.69) is 10.3 Å². The standard InChI is InChI=1S/C24H24N2O6/c1-16(17-6-4-3-5-7-17)32-21-13-19(12-20(14-21)31-11-10-30-2)23(27)26-22-9-8-18(15-25-22)24(28)29/h3-9,12-16H,10-11H2,1-2H3,(H,28,29)(H,25,26,27). The van der Waals surface area contributed by atoms with Crippen molar-refractivity contribution in [2.75, 3.05) is 25.6 Å². The summed E-state index contributed by atoms with van der Waals surface area (Å²) >= 11 is 0. The number of methoxy groups -OCH3 is 1. The highest BCUT2D eigenvalue weighted by Crippen LogP contribution is 2.28. The zero-order chi connectivity index (χ0) is 22.9. The van der Waals surface area contributed by atoms with E-state index in [4.69, 9.17) is 19.3 Å². The Labute approximate surface area is 185 Å². The molecule has 3 rings (SSSR count). The van der Waals surface area contributed by atoms with Crippen LogP contribution in [0.4, 0.5) is 5.82 Å². The number of aromatic carboxylic acids is 1. The van der Waals surface area contributed by atoms with Gasteiger partial charge in [-0.15, -0.1) is 0 Å². The average molecular weight is 436 g/mol. The van der Waals surface area contributed by atoms with E-state index in [-0.39, 0.29) is 17.5 Å². The minimum absolute atomic E-state index is 0.0297. The van der Waals surface area contributed by atoms with E-state index in [9.17, 15) is 9.59 Å². The molecule has 0 radical (unpaired) electrons. The number of nitrogens with zero attached hydrogens (tertiary/aromatic N) is 1. The van der Waals surface area contributed by atoms with Crippen LogP contribution in [0.1, 0.15) is 39.3 Å². The summed E-state index contributed by atoms with van der Waals surface area (Å²) in [5.74, 6) is -0.374. The van der Waals surface area contributed by atoms with Crippen molar-refractivity contribution < 1.29 is 28.9 Å². The van der Waals surface area contributed by atoms with Crippen molar-refractivity contribution in [1.82, 2.24) is 4.98 Å². The Morgan fingerprint density at radius 1 is 1.00 bits per heavy atom. The first-order chi connectivity index (χ1) is 15.5. The maximum atomic E-state index is 12.8. The summed E-state index contributed by atoms with van der Waals surface area (Å²) in [6.45, 7) is 2.63. The summed E-state index contributed by atoms with van der Waals surface area (Å²) in [5, 5.41) is 11.6. The predicted octanol–water partition coefficient (Wildman–Crippen LogP) is 4.20. The minimum atomic E-state index is -1.09. The molecule has 32 heavy (non-hydrogen) atoms. The quantitative estimate of drug-likeness (QED) is 0.459. The van der Waals surface area contributed by atoms with Gasteiger partial charge in [-0.1, -0.05) is 30.3 Å². The molecular weight excluding hydrogens is 412 g/mol. The number of benzene rings is 2. The van der Waals surface area contributed by atoms with Gasteiger partial charge in [0.2, 0.25) is 0 Å². The van der Waals surface area contributed by atoms with Crippen LogP contribution in [-0.4, -0.2) is 42.3 Å². The Bertz CT molecular complexity index is 1050. The molecule has 0 bridgehead atoms. The number of hydrogen-bond donors (Lipinski definition) is 2. The Morgan fingerprint density at radius 3 is 2.41 bits per heavy atom. The SMILES string of the molecule is COCCOc1cc(OC(C)c2ccccc2)cc(C(=O)Nc2ccc(C(=O)O)cn2)c1. The molecule has 1 unspecified atom stereocenters. The number of pyridine rings is 1. The van der Waals surface area contributed by atoms with Crippen LogP contribution in [-0.2, 0) is 4.74 Å². The molecule has 1 amide bonds. The van der Waals surface area contributed by atoms with Gasteiger partial charge >= 0.3 is 5.97 Å². The molecule has 1 heterocycles. The Kier molecular flexibility index (Phi) is 7.77. The second kappa shape index (κ2) is 10.9. The lowest BCUT2D eigenvalue weighted by atomic mass is 10.1. The first-order valence-corrected chi connectivity index (χ1v) is 9.95. The molecule has 0 aliphatic carbocycles. The van der Waals surface area contributed by atoms with E-state index in [1.165, 1.54) is 18.3 Å². The zero-order valence-electron chi connectivity index (χ0n) is 17.8. The first kappa shape index (κ1) is 22.8. The molecule has 2 aromatic carbocycles. The van der Waals surface area contributed by atoms with Crippen molar-refractivity contribution in [2.24, 2.45) is 0 Å². The van der Waals surface area contributed by atoms with E-state index in [1.807, 2.05) is 37.3 Å². The van der Waals surface area contributed by atoms with E-state index < -0.39 is 11.9 Å². The third-order valence-electron chi connectivity index (χ3n) is 4.53. The van der Waals surface area contributed by atoms with Gasteiger partial charge in [0.05, 0.1) is 12.2 Å². The molecule has 8 nitrogen and oxygen atoms in total. The van der Waals surface area contributed by atoms with Gasteiger partial charge in [0, 0.05) is 24.9 Å². The van der Waals surface area contributed by atoms with Crippen LogP contribution < -0.4 is 14.8 Å². The summed E-state index contributed by atoms with van der Waals surface area (Å²) in [6, 6.07) is 17.4. The second-order valence-corrected chi connectivity index (χ2v) is 6.90. The maximum absolute atomic E-state index is 12.8. The van der Waals surface area contributed by atoms with Crippen LogP contribution in [0, 0.1) is 0 Å². The third kappa shape index (κ3) is 6.29. The van der Waals surface area contributed by atoms with Gasteiger partial charge in [0.1, 0.15) is 30.0 Å². The molecule has 166 valence electrons. The number of amides is 1. The van der Waals surface area contributed by atoms with Crippen LogP contribution in [0.3, 0.4) is 0 Å². The van der Waals surface area contributed by atoms with Crippen molar-refractivity contribution in [3.63, 3.8) is 0 Å². The molecule has 0 saturated heterocycles. The number of anilines is 1. The number of ether oxygens (including phenoxy) is 3. The number of rotatable bonds is 10. The van der Waals surface area contributed by atoms with E-state index in [1.54, 1.807) is 25.3 Å². The van der Waals surface area contributed by atoms with Crippen LogP contribution in [0.5, 0.6) is 11.5 Å². The number of aromatic nitrogens is 1. The van der Waals surface area contributed by atoms with Crippen molar-refractivity contribution in [2.45, 2.75) is 13.0 Å². The number of nitrogens with one attached hydrogen (secondary N) is 1. The topological polar surface area (TPSA) is 107 Å². The monoisotopic (exact) mass is 436 g/mol. The normalized spacial score (nSPS) is 11.4. The fourth-order valence-electron chi connectivity index (χ4n) is 2.88. The van der Waals surface area contributed by atoms with Gasteiger partial charge < -0.3 is 24.6 Å². The molecule has 3 aromatic rings. The van der Waals surface area contributed by atoms with Crippen molar-refractivity contribution in [1.29, 1.82) is 0 Å². The highest BCUT2D eigenvalue weighted by atomic mass is 16.5. The molecular formula is C24H24N2O6. The summed E-state index contributed by atoms with van der Waals surface area (Å²) in [7, 11) is 1.58. The lowest BCUT2D eigenvalue weighted by Gasteiger charge is -2.17. The van der Waals surface area contributed by atoms with Gasteiger partial charge in [0.15, 0.2) is 0 Å². The Balaban J connectivity index is 1.80. The van der Waals surface area contributed by atoms with Crippen LogP contribution >= 0.6 is 0 Å². The summed E-state index contributed by atoms with van der Waals surface area (Å²) < 4.78 is 16.8. The minimum Gasteiger partial charge on any atom is -0.491 e. The summed E-state index contributed by atoms with van der Waals surface area (Å²) in [4.78, 5) is 27.8. The molecule has 0 saturated carbocycles. The van der Waals surface area contributed by atoms with E-state index in [0.29, 0.717) is 30.3 Å². The van der Waals surface area contributed by atoms with E-state index in [0.717, 1.165) is 5.56 Å². The third-order valence-corrected chi connectivity index (χ3v) is 4.53. The summed E-state index contributed by atoms with van der Waals surface area (Å²) in [5.41, 5.74) is 1.33. The van der Waals surface area contributed by atoms with Crippen LogP contribution in [0.25, 0.3) is 0 Å². The van der Waals surface area contributed by atoms with E-state index >= 15 is 0 Å². The predicted molar refractivity (Wildman–Crippen MR) is 118 cm³/mol. The van der Waals surface area contributed by atoms with Gasteiger partial charge in [-0.05, 0) is 36.8 Å². The molecule has 2 N–H and O–H groups in total. The van der Waals surface area contributed by atoms with Gasteiger partial charge in [-0.3, -0.25) is 4.79 Å². The number of carbonyl (C=O) groups is 2. The van der Waals surface area contributed by atoms with Crippen molar-refractivity contribution in [3.05, 3.63) is 83.6 Å². The van der Waals surface area contributed by atoms with Crippen molar-refractivity contribution in [3.8, 4) is 11.5 Å². The fraction of sp³-hybridized carbons (Fsp3) is 0.208. The largest absolute Gasteiger partial charge is 0.491 e. The maximum Gasteiger partial charge on any atom is 0.337 e. The Hall–Kier alpha value is -3.91. The van der Waals surface area contributed by atoms with Gasteiger partial charge in [0.25, 0.3) is 5.91 Å². The zero-order valence-corrected chi connectivity index (χ0v) is 17.8. The van der Waals surface area contributed by atoms with Gasteiger partial charge in [-0.2, -0.15) is 0 Å². The molecule has 8 heteroatoms. The highest BCUT2D eigenvalue weighted by molar-refractivity contribution is 6.04. The highest BCUT2D eigenvalue weighted by Gasteiger charge is 2.14. The number of carbonyl (C=O) groups excluding carboxylic acids is 1. The fourth-order valence-corrected chi connectivity index (χ4v) is 2.88. The smallest absolute Gasteiger partial charge is 0.337 e. The van der Waals surface area contributed by atoms with Crippen LogP contribution in [0.2, 0.25) is 0 Å². The number of hydrogen-bond acceptors (Lipinski definition) is 6. The average Bonchev–Trinajstić information content (AvgIpc) is 2.80. The molecule has 1 aromatic heterocycles. The molecule has 1 atom stereocenters. The summed E-state index contributed by atoms with van der Waals surface area (Å²) in [6.07, 6.45) is 0.935. The Morgan fingerprint density at radius 2 is 1.75 bits per heavy atom. The first-order valence-electron chi connectivity index (χ1n) is 9.95. The number of carboxylic acids is 1. The lowest BCUT2D eigenvalue weighted by molar-refractivity contribution is 0.0696. The number of carboxylic acid groups (broad SMARTS) is 1. The molecule has 0 aliphatic rings. The molecule has 0 aliphatic heterocycles. The second-order valence-electron chi connectivity index (χ2n) is 6.90. The van der Waals surface area contributed by atoms with Crippen LogP contribution in [0.15, 0.2) is 66.9 Å². The molecule has 0 spiro atoms. The van der Waals surface area contributed by atoms with Gasteiger partial charge in [-0.25, -0.2) is 9.78 Å².